The van der Waals surface area contributed by atoms with Crippen LogP contribution in [-0.4, -0.2) is 53.3 Å². The van der Waals surface area contributed by atoms with Crippen molar-refractivity contribution in [3.63, 3.8) is 0 Å². The Balaban J connectivity index is 1.54. The number of amides is 1. The van der Waals surface area contributed by atoms with Gasteiger partial charge in [-0.05, 0) is 48.7 Å². The molecule has 148 valence electrons. The van der Waals surface area contributed by atoms with Gasteiger partial charge in [0.1, 0.15) is 17.5 Å². The smallest absolute Gasteiger partial charge is 0.254 e. The van der Waals surface area contributed by atoms with Crippen molar-refractivity contribution in [2.24, 2.45) is 5.10 Å². The Hall–Kier alpha value is -2.93. The summed E-state index contributed by atoms with van der Waals surface area (Å²) in [5, 5.41) is 21.0. The molecule has 28 heavy (non-hydrogen) atoms. The van der Waals surface area contributed by atoms with E-state index < -0.39 is 5.60 Å². The van der Waals surface area contributed by atoms with Crippen LogP contribution in [0, 0.1) is 5.41 Å². The van der Waals surface area contributed by atoms with Crippen molar-refractivity contribution in [1.29, 1.82) is 5.41 Å². The second kappa shape index (κ2) is 8.39. The van der Waals surface area contributed by atoms with Crippen LogP contribution in [0.2, 0.25) is 0 Å². The lowest BCUT2D eigenvalue weighted by molar-refractivity contribution is -0.144. The molecule has 1 aliphatic carbocycles. The molecule has 2 aliphatic rings. The molecule has 0 spiro atoms. The van der Waals surface area contributed by atoms with Crippen molar-refractivity contribution in [3.8, 4) is 5.75 Å². The second-order valence-corrected chi connectivity index (χ2v) is 7.10. The van der Waals surface area contributed by atoms with E-state index in [4.69, 9.17) is 10.1 Å². The van der Waals surface area contributed by atoms with Gasteiger partial charge in [-0.3, -0.25) is 9.90 Å². The summed E-state index contributed by atoms with van der Waals surface area (Å²) in [7, 11) is 0. The van der Waals surface area contributed by atoms with Gasteiger partial charge in [-0.25, -0.2) is 0 Å². The zero-order chi connectivity index (χ0) is 20.1. The summed E-state index contributed by atoms with van der Waals surface area (Å²) >= 11 is 0. The first kappa shape index (κ1) is 19.8. The number of rotatable bonds is 7. The molecule has 1 aromatic rings. The van der Waals surface area contributed by atoms with Crippen LogP contribution in [0.25, 0.3) is 11.0 Å². The number of hydrogen-bond acceptors (Lipinski definition) is 5. The number of benzene rings is 1. The highest BCUT2D eigenvalue weighted by atomic mass is 16.5. The van der Waals surface area contributed by atoms with E-state index >= 15 is 0 Å². The third-order valence-electron chi connectivity index (χ3n) is 5.03. The Morgan fingerprint density at radius 1 is 1.32 bits per heavy atom. The van der Waals surface area contributed by atoms with Gasteiger partial charge in [0.2, 0.25) is 0 Å². The van der Waals surface area contributed by atoms with Crippen molar-refractivity contribution in [2.45, 2.75) is 37.4 Å². The zero-order valence-corrected chi connectivity index (χ0v) is 15.8. The van der Waals surface area contributed by atoms with Crippen LogP contribution in [0.15, 0.2) is 48.1 Å². The average Bonchev–Trinajstić information content (AvgIpc) is 3.46. The van der Waals surface area contributed by atoms with Gasteiger partial charge in [0, 0.05) is 25.9 Å². The lowest BCUT2D eigenvalue weighted by atomic mass is 10.0. The van der Waals surface area contributed by atoms with Gasteiger partial charge in [-0.1, -0.05) is 30.9 Å². The quantitative estimate of drug-likeness (QED) is 0.328. The standard InChI is InChI=1S/C21H25N4O3/c1-3-15(14-19(22)24-23-2)16-4-6-17(7-5-16)28-18-8-12-25(13-9-18)20(26)21(27)10-11-21/h3-7,14,18,27H,1-2,8-13H2,(H-,22,24)/q-1/b15-14+. The zero-order valence-electron chi connectivity index (χ0n) is 15.8. The van der Waals surface area contributed by atoms with Gasteiger partial charge < -0.3 is 25.6 Å². The van der Waals surface area contributed by atoms with E-state index in [0.29, 0.717) is 25.9 Å². The van der Waals surface area contributed by atoms with Crippen LogP contribution < -0.4 is 4.74 Å². The summed E-state index contributed by atoms with van der Waals surface area (Å²) in [6.07, 6.45) is 5.91. The maximum atomic E-state index is 12.2. The number of hydrogen-bond donors (Lipinski definition) is 2. The number of ether oxygens (including phenoxy) is 1. The van der Waals surface area contributed by atoms with Crippen LogP contribution in [0.1, 0.15) is 31.2 Å². The average molecular weight is 381 g/mol. The summed E-state index contributed by atoms with van der Waals surface area (Å²) in [5.74, 6) is 0.621. The maximum Gasteiger partial charge on any atom is 0.254 e. The molecule has 1 amide bonds. The second-order valence-electron chi connectivity index (χ2n) is 7.10. The fraction of sp³-hybridized carbons (Fsp3) is 0.381. The molecule has 0 atom stereocenters. The highest BCUT2D eigenvalue weighted by Crippen LogP contribution is 2.37. The molecular formula is C21H25N4O3-. The molecular weight excluding hydrogens is 356 g/mol. The van der Waals surface area contributed by atoms with Crippen LogP contribution in [0.3, 0.4) is 0 Å². The van der Waals surface area contributed by atoms with Gasteiger partial charge in [0.15, 0.2) is 0 Å². The molecule has 1 aliphatic heterocycles. The number of aliphatic hydroxyl groups is 1. The Morgan fingerprint density at radius 2 is 1.96 bits per heavy atom. The molecule has 0 unspecified atom stereocenters. The number of nitrogens with one attached hydrogen (secondary N) is 1. The summed E-state index contributed by atoms with van der Waals surface area (Å²) in [4.78, 5) is 13.9. The van der Waals surface area contributed by atoms with Crippen LogP contribution in [0.4, 0.5) is 0 Å². The molecule has 2 fully saturated rings. The molecule has 0 aromatic heterocycles. The first-order chi connectivity index (χ1) is 13.4. The highest BCUT2D eigenvalue weighted by Gasteiger charge is 2.50. The first-order valence-electron chi connectivity index (χ1n) is 9.33. The number of piperidine rings is 1. The van der Waals surface area contributed by atoms with Gasteiger partial charge in [-0.15, -0.1) is 0 Å². The lowest BCUT2D eigenvalue weighted by Crippen LogP contribution is -2.46. The third kappa shape index (κ3) is 4.67. The Morgan fingerprint density at radius 3 is 2.50 bits per heavy atom. The molecule has 1 saturated heterocycles. The normalized spacial score (nSPS) is 18.9. The molecule has 7 heteroatoms. The lowest BCUT2D eigenvalue weighted by Gasteiger charge is -2.33. The monoisotopic (exact) mass is 381 g/mol. The van der Waals surface area contributed by atoms with Crippen LogP contribution in [0.5, 0.6) is 5.75 Å². The molecule has 1 heterocycles. The molecule has 1 saturated carbocycles. The predicted molar refractivity (Wildman–Crippen MR) is 110 cm³/mol. The molecule has 0 bridgehead atoms. The fourth-order valence-electron chi connectivity index (χ4n) is 3.23. The number of nitrogens with zero attached hydrogens (tertiary/aromatic N) is 3. The summed E-state index contributed by atoms with van der Waals surface area (Å²) in [5.41, 5.74) is 4.13. The SMILES string of the molecule is C=C/C(=C\C(=N)[N-]N=C)c1ccc(OC2CCN(C(=O)C3(O)CC3)CC2)cc1. The van der Waals surface area contributed by atoms with Gasteiger partial charge in [0.05, 0.1) is 0 Å². The van der Waals surface area contributed by atoms with E-state index in [0.717, 1.165) is 29.7 Å². The highest BCUT2D eigenvalue weighted by molar-refractivity contribution is 6.06. The van der Waals surface area contributed by atoms with Crippen molar-refractivity contribution in [1.82, 2.24) is 4.90 Å². The van der Waals surface area contributed by atoms with Gasteiger partial charge in [0.25, 0.3) is 5.91 Å². The Labute approximate surface area is 164 Å². The van der Waals surface area contributed by atoms with Crippen LogP contribution >= 0.6 is 0 Å². The van der Waals surface area contributed by atoms with E-state index in [-0.39, 0.29) is 17.8 Å². The summed E-state index contributed by atoms with van der Waals surface area (Å²) in [6, 6.07) is 7.56. The van der Waals surface area contributed by atoms with Crippen molar-refractivity contribution in [3.05, 3.63) is 54.0 Å². The van der Waals surface area contributed by atoms with Crippen molar-refractivity contribution < 1.29 is 14.6 Å². The van der Waals surface area contributed by atoms with Crippen molar-refractivity contribution >= 4 is 24.0 Å². The van der Waals surface area contributed by atoms with E-state index in [1.165, 1.54) is 0 Å². The number of carbonyl (C=O) groups excluding carboxylic acids is 1. The van der Waals surface area contributed by atoms with Gasteiger partial charge in [-0.2, -0.15) is 0 Å². The van der Waals surface area contributed by atoms with Gasteiger partial charge >= 0.3 is 0 Å². The third-order valence-corrected chi connectivity index (χ3v) is 5.03. The number of carbonyl (C=O) groups is 1. The minimum Gasteiger partial charge on any atom is -0.490 e. The summed E-state index contributed by atoms with van der Waals surface area (Å²) in [6.45, 7) is 8.23. The molecule has 3 rings (SSSR count). The predicted octanol–water partition coefficient (Wildman–Crippen LogP) is 3.12. The minimum atomic E-state index is -1.09. The van der Waals surface area contributed by atoms with E-state index in [9.17, 15) is 9.90 Å². The van der Waals surface area contributed by atoms with Crippen LogP contribution in [-0.2, 0) is 4.79 Å². The number of likely N-dealkylation sites (tertiary alicyclic amines) is 1. The number of allylic oxidation sites excluding steroid dienone is 2. The maximum absolute atomic E-state index is 12.2. The molecule has 1 aromatic carbocycles. The van der Waals surface area contributed by atoms with E-state index in [1.54, 1.807) is 17.1 Å². The Kier molecular flexibility index (Phi) is 5.94. The van der Waals surface area contributed by atoms with Crippen molar-refractivity contribution in [2.75, 3.05) is 13.1 Å². The Bertz CT molecular complexity index is 788. The first-order valence-corrected chi connectivity index (χ1v) is 9.33. The fourth-order valence-corrected chi connectivity index (χ4v) is 3.23. The summed E-state index contributed by atoms with van der Waals surface area (Å²) < 4.78 is 6.04. The topological polar surface area (TPSA) is 100 Å². The molecule has 7 nitrogen and oxygen atoms in total. The number of amidine groups is 1. The van der Waals surface area contributed by atoms with E-state index in [1.807, 2.05) is 24.3 Å². The molecule has 0 radical (unpaired) electrons. The largest absolute Gasteiger partial charge is 0.490 e. The van der Waals surface area contributed by atoms with E-state index in [2.05, 4.69) is 23.8 Å². The minimum absolute atomic E-state index is 0.00221. The molecule has 2 N–H and O–H groups in total.